The Morgan fingerprint density at radius 2 is 1.06 bits per heavy atom. The van der Waals surface area contributed by atoms with Crippen LogP contribution in [0.4, 0.5) is 0 Å². The fourth-order valence-electron chi connectivity index (χ4n) is 0.911. The smallest absolute Gasteiger partial charge is 0.104 e. The Balaban J connectivity index is -0.000000218. The van der Waals surface area contributed by atoms with Gasteiger partial charge in [-0.15, -0.1) is 0 Å². The predicted molar refractivity (Wildman–Crippen MR) is 69.2 cm³/mol. The third kappa shape index (κ3) is 22.1. The van der Waals surface area contributed by atoms with Gasteiger partial charge in [0.15, 0.2) is 0 Å². The van der Waals surface area contributed by atoms with Gasteiger partial charge < -0.3 is 10.2 Å². The summed E-state index contributed by atoms with van der Waals surface area (Å²) in [5.41, 5.74) is 0. The van der Waals surface area contributed by atoms with E-state index in [1.54, 1.807) is 0 Å². The van der Waals surface area contributed by atoms with E-state index in [0.29, 0.717) is 0 Å². The van der Waals surface area contributed by atoms with Gasteiger partial charge in [-0.3, -0.25) is 10.6 Å². The first-order valence-electron chi connectivity index (χ1n) is 6.45. The van der Waals surface area contributed by atoms with Crippen LogP contribution in [-0.2, 0) is 17.1 Å². The van der Waals surface area contributed by atoms with E-state index in [1.807, 2.05) is 13.8 Å². The molecule has 0 amide bonds. The van der Waals surface area contributed by atoms with Crippen LogP contribution >= 0.6 is 0 Å². The maximum atomic E-state index is 8.88. The van der Waals surface area contributed by atoms with E-state index >= 15 is 0 Å². The standard InChI is InChI=1S/2C6H15NO.Cu/c2*1-3-5-7-6(8)4-2;/h2*6-8H,3-5H2,1-2H3;. The Hall–Kier alpha value is 0.359. The zero-order valence-electron chi connectivity index (χ0n) is 11.6. The Labute approximate surface area is 117 Å². The van der Waals surface area contributed by atoms with Crippen molar-refractivity contribution in [1.82, 2.24) is 10.6 Å². The Morgan fingerprint density at radius 3 is 1.24 bits per heavy atom. The minimum absolute atomic E-state index is 0. The van der Waals surface area contributed by atoms with Crippen molar-refractivity contribution in [2.45, 2.75) is 65.8 Å². The summed E-state index contributed by atoms with van der Waals surface area (Å²) in [4.78, 5) is 0. The molecule has 2 atom stereocenters. The van der Waals surface area contributed by atoms with Crippen LogP contribution in [0.5, 0.6) is 0 Å². The number of nitrogens with one attached hydrogen (secondary N) is 2. The first kappa shape index (κ1) is 22.5. The molecular formula is C12H30CuN2O2. The van der Waals surface area contributed by atoms with Gasteiger partial charge in [0, 0.05) is 17.1 Å². The van der Waals surface area contributed by atoms with Gasteiger partial charge >= 0.3 is 0 Å². The van der Waals surface area contributed by atoms with Gasteiger partial charge in [0.2, 0.25) is 0 Å². The zero-order valence-corrected chi connectivity index (χ0v) is 12.5. The van der Waals surface area contributed by atoms with Crippen LogP contribution < -0.4 is 10.6 Å². The van der Waals surface area contributed by atoms with Crippen LogP contribution in [-0.4, -0.2) is 35.8 Å². The second-order valence-corrected chi connectivity index (χ2v) is 3.76. The van der Waals surface area contributed by atoms with Crippen LogP contribution in [0.25, 0.3) is 0 Å². The van der Waals surface area contributed by atoms with Crippen molar-refractivity contribution in [2.75, 3.05) is 13.1 Å². The molecule has 0 aromatic heterocycles. The topological polar surface area (TPSA) is 64.5 Å². The van der Waals surface area contributed by atoms with Crippen LogP contribution in [0.3, 0.4) is 0 Å². The predicted octanol–water partition coefficient (Wildman–Crippen LogP) is 1.43. The summed E-state index contributed by atoms with van der Waals surface area (Å²) in [7, 11) is 0. The SMILES string of the molecule is CCCNC(O)CC.CCCNC(O)CC.[Cu]. The average molecular weight is 298 g/mol. The number of aliphatic hydroxyl groups is 2. The van der Waals surface area contributed by atoms with Crippen molar-refractivity contribution >= 4 is 0 Å². The summed E-state index contributed by atoms with van der Waals surface area (Å²) in [5, 5.41) is 23.6. The molecule has 17 heavy (non-hydrogen) atoms. The summed E-state index contributed by atoms with van der Waals surface area (Å²) >= 11 is 0. The van der Waals surface area contributed by atoms with Gasteiger partial charge in [-0.05, 0) is 38.8 Å². The van der Waals surface area contributed by atoms with Crippen molar-refractivity contribution in [3.8, 4) is 0 Å². The number of rotatable bonds is 8. The maximum Gasteiger partial charge on any atom is 0.104 e. The molecule has 1 radical (unpaired) electrons. The molecule has 0 rings (SSSR count). The Kier molecular flexibility index (Phi) is 24.8. The van der Waals surface area contributed by atoms with Crippen molar-refractivity contribution in [1.29, 1.82) is 0 Å². The third-order valence-corrected chi connectivity index (χ3v) is 2.03. The van der Waals surface area contributed by atoms with Gasteiger partial charge in [0.1, 0.15) is 12.5 Å². The van der Waals surface area contributed by atoms with Crippen LogP contribution in [0.1, 0.15) is 53.4 Å². The molecule has 111 valence electrons. The molecule has 4 N–H and O–H groups in total. The summed E-state index contributed by atoms with van der Waals surface area (Å²) in [6.45, 7) is 9.88. The third-order valence-electron chi connectivity index (χ3n) is 2.03. The summed E-state index contributed by atoms with van der Waals surface area (Å²) in [5.74, 6) is 0. The zero-order chi connectivity index (χ0) is 12.8. The molecule has 0 saturated carbocycles. The molecule has 0 spiro atoms. The molecule has 0 saturated heterocycles. The average Bonchev–Trinajstić information content (AvgIpc) is 2.33. The molecular weight excluding hydrogens is 268 g/mol. The fraction of sp³-hybridized carbons (Fsp3) is 1.00. The molecule has 0 bridgehead atoms. The summed E-state index contributed by atoms with van der Waals surface area (Å²) in [6, 6.07) is 0. The minimum Gasteiger partial charge on any atom is -0.379 e. The monoisotopic (exact) mass is 297 g/mol. The van der Waals surface area contributed by atoms with E-state index in [2.05, 4.69) is 24.5 Å². The minimum atomic E-state index is -0.296. The van der Waals surface area contributed by atoms with E-state index in [9.17, 15) is 0 Å². The largest absolute Gasteiger partial charge is 0.379 e. The number of aliphatic hydroxyl groups excluding tert-OH is 2. The van der Waals surface area contributed by atoms with E-state index in [-0.39, 0.29) is 29.5 Å². The summed E-state index contributed by atoms with van der Waals surface area (Å²) < 4.78 is 0. The van der Waals surface area contributed by atoms with Gasteiger partial charge in [-0.25, -0.2) is 0 Å². The van der Waals surface area contributed by atoms with Crippen LogP contribution in [0.2, 0.25) is 0 Å². The molecule has 0 aliphatic carbocycles. The molecule has 0 fully saturated rings. The normalized spacial score (nSPS) is 13.1. The molecule has 0 heterocycles. The molecule has 4 nitrogen and oxygen atoms in total. The van der Waals surface area contributed by atoms with Crippen molar-refractivity contribution < 1.29 is 27.3 Å². The van der Waals surface area contributed by atoms with Crippen LogP contribution in [0, 0.1) is 0 Å². The number of hydrogen-bond donors (Lipinski definition) is 4. The molecule has 0 aromatic rings. The fourth-order valence-corrected chi connectivity index (χ4v) is 0.911. The molecule has 0 aliphatic heterocycles. The first-order valence-corrected chi connectivity index (χ1v) is 6.45. The van der Waals surface area contributed by atoms with E-state index in [1.165, 1.54) is 0 Å². The molecule has 2 unspecified atom stereocenters. The van der Waals surface area contributed by atoms with Gasteiger partial charge in [-0.1, -0.05) is 27.7 Å². The van der Waals surface area contributed by atoms with Crippen molar-refractivity contribution in [3.05, 3.63) is 0 Å². The van der Waals surface area contributed by atoms with Gasteiger partial charge in [0.25, 0.3) is 0 Å². The van der Waals surface area contributed by atoms with Gasteiger partial charge in [0.05, 0.1) is 0 Å². The van der Waals surface area contributed by atoms with E-state index in [0.717, 1.165) is 38.8 Å². The molecule has 0 aliphatic rings. The van der Waals surface area contributed by atoms with Gasteiger partial charge in [-0.2, -0.15) is 0 Å². The van der Waals surface area contributed by atoms with E-state index < -0.39 is 0 Å². The van der Waals surface area contributed by atoms with Crippen molar-refractivity contribution in [2.24, 2.45) is 0 Å². The Morgan fingerprint density at radius 1 is 0.765 bits per heavy atom. The summed E-state index contributed by atoms with van der Waals surface area (Å²) in [6.07, 6.45) is 3.15. The Bertz CT molecular complexity index is 115. The first-order chi connectivity index (χ1) is 7.62. The number of hydrogen-bond acceptors (Lipinski definition) is 4. The van der Waals surface area contributed by atoms with Crippen LogP contribution in [0.15, 0.2) is 0 Å². The maximum absolute atomic E-state index is 8.88. The van der Waals surface area contributed by atoms with E-state index in [4.69, 9.17) is 10.2 Å². The second kappa shape index (κ2) is 18.7. The van der Waals surface area contributed by atoms with Crippen molar-refractivity contribution in [3.63, 3.8) is 0 Å². The quantitative estimate of drug-likeness (QED) is 0.404. The molecule has 5 heteroatoms. The second-order valence-electron chi connectivity index (χ2n) is 3.76. The molecule has 0 aromatic carbocycles.